The van der Waals surface area contributed by atoms with Crippen molar-refractivity contribution in [3.63, 3.8) is 0 Å². The van der Waals surface area contributed by atoms with E-state index in [1.165, 1.54) is 11.3 Å². The van der Waals surface area contributed by atoms with Gasteiger partial charge < -0.3 is 15.4 Å². The first-order valence-electron chi connectivity index (χ1n) is 5.88. The Morgan fingerprint density at radius 1 is 1.19 bits per heavy atom. The lowest BCUT2D eigenvalue weighted by Gasteiger charge is -2.36. The van der Waals surface area contributed by atoms with Crippen LogP contribution in [0.1, 0.15) is 19.4 Å². The van der Waals surface area contributed by atoms with Crippen LogP contribution in [0, 0.1) is 0 Å². The molecule has 0 radical (unpaired) electrons. The van der Waals surface area contributed by atoms with E-state index in [9.17, 15) is 0 Å². The lowest BCUT2D eigenvalue weighted by Crippen LogP contribution is -2.45. The van der Waals surface area contributed by atoms with Gasteiger partial charge in [-0.15, -0.1) is 0 Å². The van der Waals surface area contributed by atoms with Crippen LogP contribution in [0.25, 0.3) is 0 Å². The van der Waals surface area contributed by atoms with Gasteiger partial charge in [0.25, 0.3) is 0 Å². The van der Waals surface area contributed by atoms with E-state index in [4.69, 9.17) is 10.5 Å². The smallest absolute Gasteiger partial charge is 0.0726 e. The molecule has 1 aromatic carbocycles. The SMILES string of the molecule is CC1CN(c2ccc(CN)cc2)CC(C)O1. The Balaban J connectivity index is 2.10. The molecule has 1 fully saturated rings. The normalized spacial score (nSPS) is 25.8. The van der Waals surface area contributed by atoms with Crippen LogP contribution in [0.4, 0.5) is 5.69 Å². The maximum Gasteiger partial charge on any atom is 0.0726 e. The van der Waals surface area contributed by atoms with Crippen LogP contribution in [-0.4, -0.2) is 25.3 Å². The Hall–Kier alpha value is -1.06. The van der Waals surface area contributed by atoms with Crippen molar-refractivity contribution < 1.29 is 4.74 Å². The summed E-state index contributed by atoms with van der Waals surface area (Å²) in [7, 11) is 0. The lowest BCUT2D eigenvalue weighted by atomic mass is 10.1. The highest BCUT2D eigenvalue weighted by molar-refractivity contribution is 5.48. The molecule has 1 aromatic rings. The molecule has 0 bridgehead atoms. The number of morpholine rings is 1. The largest absolute Gasteiger partial charge is 0.372 e. The molecule has 0 aliphatic carbocycles. The zero-order chi connectivity index (χ0) is 11.5. The van der Waals surface area contributed by atoms with Crippen molar-refractivity contribution in [1.29, 1.82) is 0 Å². The third kappa shape index (κ3) is 2.54. The average molecular weight is 220 g/mol. The summed E-state index contributed by atoms with van der Waals surface area (Å²) in [5.74, 6) is 0. The first kappa shape index (κ1) is 11.4. The summed E-state index contributed by atoms with van der Waals surface area (Å²) >= 11 is 0. The van der Waals surface area contributed by atoms with E-state index in [-0.39, 0.29) is 0 Å². The molecular weight excluding hydrogens is 200 g/mol. The number of benzene rings is 1. The number of hydrogen-bond acceptors (Lipinski definition) is 3. The number of anilines is 1. The molecule has 0 aromatic heterocycles. The van der Waals surface area contributed by atoms with Gasteiger partial charge in [0.1, 0.15) is 0 Å². The molecule has 2 N–H and O–H groups in total. The van der Waals surface area contributed by atoms with Crippen LogP contribution < -0.4 is 10.6 Å². The first-order valence-corrected chi connectivity index (χ1v) is 5.88. The maximum atomic E-state index is 5.72. The van der Waals surface area contributed by atoms with E-state index < -0.39 is 0 Å². The zero-order valence-electron chi connectivity index (χ0n) is 10.0. The Bertz CT molecular complexity index is 326. The molecule has 0 saturated carbocycles. The summed E-state index contributed by atoms with van der Waals surface area (Å²) < 4.78 is 5.72. The standard InChI is InChI=1S/C13H20N2O/c1-10-8-15(9-11(2)16-10)13-5-3-12(7-14)4-6-13/h3-6,10-11H,7-9,14H2,1-2H3. The van der Waals surface area contributed by atoms with Gasteiger partial charge in [-0.25, -0.2) is 0 Å². The van der Waals surface area contributed by atoms with Gasteiger partial charge in [-0.2, -0.15) is 0 Å². The lowest BCUT2D eigenvalue weighted by molar-refractivity contribution is -0.00521. The van der Waals surface area contributed by atoms with Crippen LogP contribution in [-0.2, 0) is 11.3 Å². The van der Waals surface area contributed by atoms with Crippen LogP contribution in [0.3, 0.4) is 0 Å². The van der Waals surface area contributed by atoms with Crippen molar-refractivity contribution >= 4 is 5.69 Å². The minimum absolute atomic E-state index is 0.304. The van der Waals surface area contributed by atoms with E-state index in [0.717, 1.165) is 13.1 Å². The quantitative estimate of drug-likeness (QED) is 0.825. The van der Waals surface area contributed by atoms with Crippen molar-refractivity contribution in [1.82, 2.24) is 0 Å². The fourth-order valence-electron chi connectivity index (χ4n) is 2.23. The monoisotopic (exact) mass is 220 g/mol. The van der Waals surface area contributed by atoms with Gasteiger partial charge in [0.2, 0.25) is 0 Å². The number of ether oxygens (including phenoxy) is 1. The Labute approximate surface area is 97.2 Å². The number of nitrogens with zero attached hydrogens (tertiary/aromatic N) is 1. The topological polar surface area (TPSA) is 38.5 Å². The number of nitrogens with two attached hydrogens (primary N) is 1. The second kappa shape index (κ2) is 4.85. The second-order valence-corrected chi connectivity index (χ2v) is 4.53. The van der Waals surface area contributed by atoms with Crippen LogP contribution in [0.2, 0.25) is 0 Å². The van der Waals surface area contributed by atoms with Gasteiger partial charge in [-0.05, 0) is 31.5 Å². The Morgan fingerprint density at radius 3 is 2.25 bits per heavy atom. The molecule has 0 amide bonds. The van der Waals surface area contributed by atoms with Crippen LogP contribution >= 0.6 is 0 Å². The molecule has 2 rings (SSSR count). The molecule has 2 atom stereocenters. The summed E-state index contributed by atoms with van der Waals surface area (Å²) in [6.07, 6.45) is 0.607. The molecule has 3 heteroatoms. The van der Waals surface area contributed by atoms with Gasteiger partial charge >= 0.3 is 0 Å². The van der Waals surface area contributed by atoms with Gasteiger partial charge in [0.05, 0.1) is 12.2 Å². The molecule has 1 aliphatic heterocycles. The average Bonchev–Trinajstić information content (AvgIpc) is 2.28. The maximum absolute atomic E-state index is 5.72. The molecule has 1 aliphatic rings. The predicted octanol–water partition coefficient (Wildman–Crippen LogP) is 1.76. The third-order valence-electron chi connectivity index (χ3n) is 2.96. The Morgan fingerprint density at radius 2 is 1.75 bits per heavy atom. The van der Waals surface area contributed by atoms with Gasteiger partial charge in [-0.1, -0.05) is 12.1 Å². The molecule has 2 unspecified atom stereocenters. The van der Waals surface area contributed by atoms with Crippen molar-refractivity contribution in [2.75, 3.05) is 18.0 Å². The van der Waals surface area contributed by atoms with Crippen molar-refractivity contribution in [3.8, 4) is 0 Å². The minimum Gasteiger partial charge on any atom is -0.372 e. The van der Waals surface area contributed by atoms with Gasteiger partial charge in [0.15, 0.2) is 0 Å². The van der Waals surface area contributed by atoms with E-state index in [1.807, 2.05) is 0 Å². The van der Waals surface area contributed by atoms with E-state index in [0.29, 0.717) is 18.8 Å². The fourth-order valence-corrected chi connectivity index (χ4v) is 2.23. The molecule has 1 saturated heterocycles. The van der Waals surface area contributed by atoms with Crippen molar-refractivity contribution in [2.24, 2.45) is 5.73 Å². The zero-order valence-corrected chi connectivity index (χ0v) is 10.0. The highest BCUT2D eigenvalue weighted by Crippen LogP contribution is 2.20. The summed E-state index contributed by atoms with van der Waals surface area (Å²) in [6.45, 7) is 6.78. The summed E-state index contributed by atoms with van der Waals surface area (Å²) in [4.78, 5) is 2.37. The highest BCUT2D eigenvalue weighted by atomic mass is 16.5. The predicted molar refractivity (Wildman–Crippen MR) is 66.6 cm³/mol. The number of hydrogen-bond donors (Lipinski definition) is 1. The van der Waals surface area contributed by atoms with Crippen molar-refractivity contribution in [2.45, 2.75) is 32.6 Å². The van der Waals surface area contributed by atoms with Crippen molar-refractivity contribution in [3.05, 3.63) is 29.8 Å². The fraction of sp³-hybridized carbons (Fsp3) is 0.538. The van der Waals surface area contributed by atoms with Crippen LogP contribution in [0.15, 0.2) is 24.3 Å². The van der Waals surface area contributed by atoms with E-state index in [2.05, 4.69) is 43.0 Å². The van der Waals surface area contributed by atoms with Crippen LogP contribution in [0.5, 0.6) is 0 Å². The third-order valence-corrected chi connectivity index (χ3v) is 2.96. The summed E-state index contributed by atoms with van der Waals surface area (Å²) in [5, 5.41) is 0. The summed E-state index contributed by atoms with van der Waals surface area (Å²) in [5.41, 5.74) is 8.03. The molecule has 0 spiro atoms. The second-order valence-electron chi connectivity index (χ2n) is 4.53. The molecular formula is C13H20N2O. The first-order chi connectivity index (χ1) is 7.69. The molecule has 3 nitrogen and oxygen atoms in total. The van der Waals surface area contributed by atoms with Gasteiger partial charge in [-0.3, -0.25) is 0 Å². The highest BCUT2D eigenvalue weighted by Gasteiger charge is 2.21. The molecule has 16 heavy (non-hydrogen) atoms. The van der Waals surface area contributed by atoms with E-state index in [1.54, 1.807) is 0 Å². The number of rotatable bonds is 2. The van der Waals surface area contributed by atoms with E-state index >= 15 is 0 Å². The van der Waals surface area contributed by atoms with Gasteiger partial charge in [0, 0.05) is 25.3 Å². The minimum atomic E-state index is 0.304. The summed E-state index contributed by atoms with van der Waals surface area (Å²) in [6, 6.07) is 8.49. The Kier molecular flexibility index (Phi) is 3.46. The molecule has 88 valence electrons. The molecule has 1 heterocycles.